The zero-order valence-corrected chi connectivity index (χ0v) is 41.7. The first-order valence-electron chi connectivity index (χ1n) is 23.8. The summed E-state index contributed by atoms with van der Waals surface area (Å²) >= 11 is -3.30. The van der Waals surface area contributed by atoms with Crippen LogP contribution in [0.3, 0.4) is 0 Å². The molecule has 0 spiro atoms. The van der Waals surface area contributed by atoms with Crippen molar-refractivity contribution in [3.63, 3.8) is 0 Å². The van der Waals surface area contributed by atoms with Crippen LogP contribution in [0.25, 0.3) is 33.4 Å². The van der Waals surface area contributed by atoms with E-state index in [0.29, 0.717) is 3.63 Å². The molecule has 0 bridgehead atoms. The molecule has 0 unspecified atom stereocenters. The van der Waals surface area contributed by atoms with Gasteiger partial charge in [0.2, 0.25) is 0 Å². The van der Waals surface area contributed by atoms with Crippen LogP contribution < -0.4 is 0 Å². The van der Waals surface area contributed by atoms with Gasteiger partial charge in [0.25, 0.3) is 0 Å². The molecule has 1 heteroatoms. The van der Waals surface area contributed by atoms with Crippen molar-refractivity contribution in [2.45, 2.75) is 71.5 Å². The molecule has 66 heavy (non-hydrogen) atoms. The number of fused-ring (bicyclic) bond motifs is 3. The molecule has 2 aliphatic rings. The summed E-state index contributed by atoms with van der Waals surface area (Å²) in [5, 5.41) is 0. The topological polar surface area (TPSA) is 0 Å². The third-order valence-corrected chi connectivity index (χ3v) is 22.8. The summed E-state index contributed by atoms with van der Waals surface area (Å²) in [6.45, 7) is 14.4. The molecule has 0 N–H and O–H groups in total. The van der Waals surface area contributed by atoms with Crippen molar-refractivity contribution in [1.82, 2.24) is 0 Å². The molecule has 324 valence electrons. The summed E-state index contributed by atoms with van der Waals surface area (Å²) in [6, 6.07) is 78.9. The average Bonchev–Trinajstić information content (AvgIpc) is 3.99. The Morgan fingerprint density at radius 1 is 0.379 bits per heavy atom. The average molecular weight is 932 g/mol. The Morgan fingerprint density at radius 3 is 0.985 bits per heavy atom. The van der Waals surface area contributed by atoms with E-state index in [9.17, 15) is 0 Å². The third-order valence-electron chi connectivity index (χ3n) is 14.0. The monoisotopic (exact) mass is 930 g/mol. The Kier molecular flexibility index (Phi) is 12.2. The van der Waals surface area contributed by atoms with Gasteiger partial charge in [-0.25, -0.2) is 0 Å². The van der Waals surface area contributed by atoms with Gasteiger partial charge in [0, 0.05) is 0 Å². The van der Waals surface area contributed by atoms with E-state index in [1.807, 2.05) is 0 Å². The fourth-order valence-corrected chi connectivity index (χ4v) is 21.4. The second kappa shape index (κ2) is 18.3. The van der Waals surface area contributed by atoms with Crippen molar-refractivity contribution in [3.8, 4) is 33.4 Å². The summed E-state index contributed by atoms with van der Waals surface area (Å²) < 4.78 is 2.24. The predicted octanol–water partition coefficient (Wildman–Crippen LogP) is 17.1. The maximum atomic E-state index is 2.68. The molecule has 0 saturated heterocycles. The van der Waals surface area contributed by atoms with Crippen LogP contribution >= 0.6 is 0 Å². The van der Waals surface area contributed by atoms with Crippen LogP contribution in [-0.4, -0.2) is 3.21 Å². The second-order valence-corrected chi connectivity index (χ2v) is 27.1. The number of hydrogen-bond donors (Lipinski definition) is 0. The molecule has 0 saturated carbocycles. The molecular weight excluding hydrogens is 872 g/mol. The van der Waals surface area contributed by atoms with Crippen molar-refractivity contribution in [3.05, 3.63) is 275 Å². The molecule has 0 amide bonds. The maximum absolute atomic E-state index is 3.30. The molecular formula is C65H60Zr. The van der Waals surface area contributed by atoms with Crippen LogP contribution in [0, 0.1) is 0 Å². The van der Waals surface area contributed by atoms with Crippen molar-refractivity contribution in [2.24, 2.45) is 0 Å². The molecule has 0 fully saturated rings. The first-order chi connectivity index (χ1) is 32.1. The molecule has 0 aliphatic heterocycles. The van der Waals surface area contributed by atoms with Crippen molar-refractivity contribution < 1.29 is 21.3 Å². The molecule has 0 nitrogen and oxygen atoms in total. The molecule has 2 aliphatic carbocycles. The quantitative estimate of drug-likeness (QED) is 0.128. The molecule has 0 atom stereocenters. The van der Waals surface area contributed by atoms with Gasteiger partial charge in [0.15, 0.2) is 0 Å². The van der Waals surface area contributed by atoms with Crippen molar-refractivity contribution in [1.29, 1.82) is 0 Å². The van der Waals surface area contributed by atoms with Crippen LogP contribution in [-0.2, 0) is 32.1 Å². The van der Waals surface area contributed by atoms with Gasteiger partial charge in [-0.2, -0.15) is 0 Å². The molecule has 0 heterocycles. The molecule has 10 rings (SSSR count). The number of rotatable bonds is 10. The number of benzene rings is 8. The minimum absolute atomic E-state index is 0.0620. The summed E-state index contributed by atoms with van der Waals surface area (Å²) in [7, 11) is 0. The van der Waals surface area contributed by atoms with E-state index in [1.165, 1.54) is 77.9 Å². The number of hydrogen-bond acceptors (Lipinski definition) is 0. The van der Waals surface area contributed by atoms with E-state index in [4.69, 9.17) is 0 Å². The Morgan fingerprint density at radius 2 is 0.682 bits per heavy atom. The first kappa shape index (κ1) is 43.9. The van der Waals surface area contributed by atoms with Gasteiger partial charge < -0.3 is 0 Å². The number of allylic oxidation sites excluding steroid dienone is 4. The molecule has 0 radical (unpaired) electrons. The van der Waals surface area contributed by atoms with Gasteiger partial charge in [-0.15, -0.1) is 0 Å². The summed E-state index contributed by atoms with van der Waals surface area (Å²) in [5.41, 5.74) is 19.2. The molecule has 8 aromatic rings. The van der Waals surface area contributed by atoms with Crippen LogP contribution in [0.1, 0.15) is 102 Å². The zero-order chi connectivity index (χ0) is 45.4. The van der Waals surface area contributed by atoms with E-state index < -0.39 is 21.3 Å². The van der Waals surface area contributed by atoms with Gasteiger partial charge in [-0.3, -0.25) is 0 Å². The van der Waals surface area contributed by atoms with Gasteiger partial charge in [0.05, 0.1) is 0 Å². The van der Waals surface area contributed by atoms with Crippen molar-refractivity contribution >= 4 is 3.21 Å². The second-order valence-electron chi connectivity index (χ2n) is 20.4. The van der Waals surface area contributed by atoms with Gasteiger partial charge >= 0.3 is 404 Å². The Balaban J connectivity index is 1.42. The van der Waals surface area contributed by atoms with E-state index in [0.717, 1.165) is 0 Å². The normalized spacial score (nSPS) is 13.6. The first-order valence-corrected chi connectivity index (χ1v) is 27.9. The fraction of sp³-hybridized carbons (Fsp3) is 0.185. The van der Waals surface area contributed by atoms with Gasteiger partial charge in [0.1, 0.15) is 0 Å². The summed E-state index contributed by atoms with van der Waals surface area (Å²) in [5.74, 6) is 0.124. The summed E-state index contributed by atoms with van der Waals surface area (Å²) in [6.07, 6.45) is 9.84. The van der Waals surface area contributed by atoms with E-state index >= 15 is 0 Å². The van der Waals surface area contributed by atoms with Gasteiger partial charge in [-0.05, 0) is 0 Å². The van der Waals surface area contributed by atoms with E-state index in [1.54, 1.807) is 3.21 Å². The van der Waals surface area contributed by atoms with Crippen LogP contribution in [0.2, 0.25) is 3.63 Å². The Labute approximate surface area is 401 Å². The van der Waals surface area contributed by atoms with E-state index in [-0.39, 0.29) is 26.3 Å². The SMILES string of the molecule is CC(C)(C)c1cc2c(cc1-c1ccccc1)[CH]([Zr](=[C](C(c1ccccc1)c1ccccc1)C(c1ccccc1)c1ccccc1)[CH]1C=CC=C1)c1cc(-c3ccccc3)c(C(C)(C)C)cc1-2. The third kappa shape index (κ3) is 8.49. The van der Waals surface area contributed by atoms with Crippen LogP contribution in [0.5, 0.6) is 0 Å². The van der Waals surface area contributed by atoms with Gasteiger partial charge in [-0.1, -0.05) is 0 Å². The molecule has 0 aromatic heterocycles. The fourth-order valence-electron chi connectivity index (χ4n) is 11.0. The standard InChI is InChI=1S/C33H33.C27H22.C5H5.Zr/c1-32(2,3)30-20-26-24(18-28(30)22-13-9-7-10-14-22)17-25-19-29(23-15-11-8-12-16-23)31(21-27(25)26)33(4,5)6;1-5-13-22(14-6-1)26(23-15-7-2-8-16-23)21-27(24-17-9-3-10-18-24)25-19-11-4-12-20-25;1-2-4-5-3-1;/h7-21H,1-6H3;1-20,26-27H;1-5H;. The van der Waals surface area contributed by atoms with E-state index in [2.05, 4.69) is 272 Å². The van der Waals surface area contributed by atoms with Crippen molar-refractivity contribution in [2.75, 3.05) is 0 Å². The minimum atomic E-state index is -3.30. The van der Waals surface area contributed by atoms with Crippen LogP contribution in [0.15, 0.2) is 231 Å². The Bertz CT molecular complexity index is 2770. The van der Waals surface area contributed by atoms with Crippen LogP contribution in [0.4, 0.5) is 0 Å². The zero-order valence-electron chi connectivity index (χ0n) is 39.2. The molecule has 8 aromatic carbocycles. The summed E-state index contributed by atoms with van der Waals surface area (Å²) in [4.78, 5) is 0. The predicted molar refractivity (Wildman–Crippen MR) is 278 cm³/mol. The Hall–Kier alpha value is -6.01.